The summed E-state index contributed by atoms with van der Waals surface area (Å²) < 4.78 is 11.1. The van der Waals surface area contributed by atoms with E-state index in [1.165, 1.54) is 6.92 Å². The summed E-state index contributed by atoms with van der Waals surface area (Å²) in [7, 11) is 0. The van der Waals surface area contributed by atoms with Crippen LogP contribution in [0.3, 0.4) is 0 Å². The van der Waals surface area contributed by atoms with Gasteiger partial charge in [0.1, 0.15) is 30.4 Å². The molecule has 1 aliphatic heterocycles. The molecule has 178 valence electrons. The minimum Gasteiger partial charge on any atom is -0.394 e. The number of carbonyl (C=O) groups is 3. The summed E-state index contributed by atoms with van der Waals surface area (Å²) in [6.45, 7) is 2.01. The normalized spacial score (nSPS) is 27.2. The van der Waals surface area contributed by atoms with Crippen molar-refractivity contribution in [2.75, 3.05) is 13.2 Å². The molecule has 0 spiro atoms. The van der Waals surface area contributed by atoms with Crippen molar-refractivity contribution in [3.63, 3.8) is 0 Å². The maximum atomic E-state index is 12.6. The lowest BCUT2D eigenvalue weighted by Crippen LogP contribution is -2.64. The highest BCUT2D eigenvalue weighted by molar-refractivity contribution is 5.87. The third-order valence-corrected chi connectivity index (χ3v) is 5.15. The molecule has 1 saturated heterocycles. The second kappa shape index (κ2) is 11.9. The average molecular weight is 453 g/mol. The highest BCUT2D eigenvalue weighted by atomic mass is 16.7. The van der Waals surface area contributed by atoms with Crippen molar-refractivity contribution >= 4 is 17.7 Å². The summed E-state index contributed by atoms with van der Waals surface area (Å²) in [5.41, 5.74) is 6.26. The van der Waals surface area contributed by atoms with Crippen molar-refractivity contribution in [1.29, 1.82) is 0 Å². The molecule has 0 aromatic heterocycles. The topological polar surface area (TPSA) is 180 Å². The molecular formula is C21H31N3O8. The maximum absolute atomic E-state index is 12.6. The Bertz CT molecular complexity index is 778. The number of rotatable bonds is 10. The second-order valence-electron chi connectivity index (χ2n) is 7.82. The van der Waals surface area contributed by atoms with Crippen LogP contribution in [0.5, 0.6) is 0 Å². The number of nitrogens with two attached hydrogens (primary N) is 1. The molecule has 0 radical (unpaired) electrons. The predicted molar refractivity (Wildman–Crippen MR) is 112 cm³/mol. The van der Waals surface area contributed by atoms with E-state index in [-0.39, 0.29) is 13.0 Å². The molecule has 2 rings (SSSR count). The number of hydrogen-bond acceptors (Lipinski definition) is 8. The van der Waals surface area contributed by atoms with Crippen molar-refractivity contribution in [3.05, 3.63) is 35.9 Å². The van der Waals surface area contributed by atoms with Crippen LogP contribution >= 0.6 is 0 Å². The zero-order chi connectivity index (χ0) is 23.8. The Morgan fingerprint density at radius 2 is 1.84 bits per heavy atom. The van der Waals surface area contributed by atoms with Gasteiger partial charge in [0.25, 0.3) is 0 Å². The first-order chi connectivity index (χ1) is 15.1. The van der Waals surface area contributed by atoms with Gasteiger partial charge in [-0.2, -0.15) is 0 Å². The van der Waals surface area contributed by atoms with Gasteiger partial charge in [0.05, 0.1) is 19.1 Å². The number of carbonyl (C=O) groups excluding carboxylic acids is 3. The lowest BCUT2D eigenvalue weighted by Gasteiger charge is -2.42. The summed E-state index contributed by atoms with van der Waals surface area (Å²) in [4.78, 5) is 35.8. The lowest BCUT2D eigenvalue weighted by molar-refractivity contribution is -0.271. The molecule has 3 amide bonds. The Labute approximate surface area is 185 Å². The summed E-state index contributed by atoms with van der Waals surface area (Å²) in [5, 5.41) is 34.7. The molecule has 0 saturated carbocycles. The van der Waals surface area contributed by atoms with Crippen LogP contribution < -0.4 is 16.4 Å². The monoisotopic (exact) mass is 453 g/mol. The zero-order valence-corrected chi connectivity index (χ0v) is 18.0. The van der Waals surface area contributed by atoms with Gasteiger partial charge in [0.15, 0.2) is 6.29 Å². The van der Waals surface area contributed by atoms with E-state index in [1.807, 2.05) is 30.3 Å². The molecular weight excluding hydrogens is 422 g/mol. The van der Waals surface area contributed by atoms with Gasteiger partial charge in [-0.1, -0.05) is 37.3 Å². The molecule has 7 atom stereocenters. The third-order valence-electron chi connectivity index (χ3n) is 5.15. The molecule has 1 fully saturated rings. The maximum Gasteiger partial charge on any atom is 0.240 e. The Kier molecular flexibility index (Phi) is 9.54. The fourth-order valence-corrected chi connectivity index (χ4v) is 3.31. The summed E-state index contributed by atoms with van der Waals surface area (Å²) in [5.74, 6) is -2.40. The molecule has 1 aromatic carbocycles. The minimum absolute atomic E-state index is 0.190. The Balaban J connectivity index is 1.98. The first kappa shape index (κ1) is 25.7. The largest absolute Gasteiger partial charge is 0.394 e. The van der Waals surface area contributed by atoms with Crippen LogP contribution in [0.1, 0.15) is 19.4 Å². The van der Waals surface area contributed by atoms with Crippen LogP contribution in [0.4, 0.5) is 0 Å². The number of ether oxygens (including phenoxy) is 2. The van der Waals surface area contributed by atoms with Gasteiger partial charge in [0, 0.05) is 13.3 Å². The Morgan fingerprint density at radius 1 is 1.19 bits per heavy atom. The number of primary amides is 1. The highest BCUT2D eigenvalue weighted by Crippen LogP contribution is 2.22. The van der Waals surface area contributed by atoms with E-state index in [0.717, 1.165) is 5.56 Å². The van der Waals surface area contributed by atoms with Crippen molar-refractivity contribution in [2.24, 2.45) is 11.7 Å². The van der Waals surface area contributed by atoms with Crippen LogP contribution in [-0.2, 0) is 30.3 Å². The van der Waals surface area contributed by atoms with Gasteiger partial charge < -0.3 is 41.2 Å². The van der Waals surface area contributed by atoms with Gasteiger partial charge in [-0.15, -0.1) is 0 Å². The number of amides is 3. The fourth-order valence-electron chi connectivity index (χ4n) is 3.31. The lowest BCUT2D eigenvalue weighted by atomic mass is 9.97. The van der Waals surface area contributed by atoms with Crippen molar-refractivity contribution in [2.45, 2.75) is 57.0 Å². The molecule has 0 aliphatic carbocycles. The smallest absolute Gasteiger partial charge is 0.240 e. The molecule has 3 unspecified atom stereocenters. The molecule has 32 heavy (non-hydrogen) atoms. The van der Waals surface area contributed by atoms with E-state index >= 15 is 0 Å². The first-order valence-corrected chi connectivity index (χ1v) is 10.3. The number of nitrogens with one attached hydrogen (secondary N) is 2. The van der Waals surface area contributed by atoms with Crippen LogP contribution in [0.15, 0.2) is 30.3 Å². The number of hydrogen-bond donors (Lipinski definition) is 6. The summed E-state index contributed by atoms with van der Waals surface area (Å²) in [6.07, 6.45) is -5.01. The third kappa shape index (κ3) is 6.97. The zero-order valence-electron chi connectivity index (χ0n) is 18.0. The van der Waals surface area contributed by atoms with Gasteiger partial charge in [-0.05, 0) is 5.56 Å². The van der Waals surface area contributed by atoms with E-state index in [9.17, 15) is 29.7 Å². The standard InChI is InChI=1S/C21H31N3O8/c1-11(20(30)24-14(19(22)29)8-13-6-4-3-5-7-13)10-31-21-16(23-12(2)26)18(28)17(27)15(9-25)32-21/h3-7,11,14-18,21,25,27-28H,8-10H2,1-2H3,(H2,22,29)(H,23,26)(H,24,30)/t11-,14-,15?,16-,17+,18?,21?/m0/s1. The van der Waals surface area contributed by atoms with Gasteiger partial charge in [0.2, 0.25) is 17.7 Å². The van der Waals surface area contributed by atoms with E-state index in [1.54, 1.807) is 6.92 Å². The number of aliphatic hydroxyl groups is 3. The molecule has 1 heterocycles. The Morgan fingerprint density at radius 3 is 2.41 bits per heavy atom. The quantitative estimate of drug-likeness (QED) is 0.231. The van der Waals surface area contributed by atoms with E-state index in [4.69, 9.17) is 15.2 Å². The van der Waals surface area contributed by atoms with E-state index < -0.39 is 66.9 Å². The number of aliphatic hydroxyl groups excluding tert-OH is 3. The molecule has 1 aromatic rings. The van der Waals surface area contributed by atoms with Gasteiger partial charge in [-0.25, -0.2) is 0 Å². The van der Waals surface area contributed by atoms with Gasteiger partial charge >= 0.3 is 0 Å². The van der Waals surface area contributed by atoms with Crippen molar-refractivity contribution in [1.82, 2.24) is 10.6 Å². The first-order valence-electron chi connectivity index (χ1n) is 10.3. The van der Waals surface area contributed by atoms with Crippen molar-refractivity contribution in [3.8, 4) is 0 Å². The molecule has 11 heteroatoms. The molecule has 0 bridgehead atoms. The van der Waals surface area contributed by atoms with Gasteiger partial charge in [-0.3, -0.25) is 14.4 Å². The van der Waals surface area contributed by atoms with E-state index in [0.29, 0.717) is 0 Å². The molecule has 7 N–H and O–H groups in total. The van der Waals surface area contributed by atoms with Crippen LogP contribution in [0.2, 0.25) is 0 Å². The molecule has 1 aliphatic rings. The minimum atomic E-state index is -1.45. The Hall–Kier alpha value is -2.57. The summed E-state index contributed by atoms with van der Waals surface area (Å²) >= 11 is 0. The van der Waals surface area contributed by atoms with E-state index in [2.05, 4.69) is 10.6 Å². The van der Waals surface area contributed by atoms with Crippen LogP contribution in [-0.4, -0.2) is 82.9 Å². The predicted octanol–water partition coefficient (Wildman–Crippen LogP) is -2.20. The SMILES string of the molecule is CC(=O)N[C@@H]1C(OC[C@H](C)C(=O)N[C@@H](Cc2ccccc2)C(N)=O)OC(CO)[C@@H](O)C1O. The van der Waals surface area contributed by atoms with Crippen LogP contribution in [0, 0.1) is 5.92 Å². The highest BCUT2D eigenvalue weighted by Gasteiger charge is 2.45. The fraction of sp³-hybridized carbons (Fsp3) is 0.571. The second-order valence-corrected chi connectivity index (χ2v) is 7.82. The number of benzene rings is 1. The average Bonchev–Trinajstić information content (AvgIpc) is 2.76. The summed E-state index contributed by atoms with van der Waals surface area (Å²) in [6, 6.07) is 7.06. The van der Waals surface area contributed by atoms with Crippen molar-refractivity contribution < 1.29 is 39.2 Å². The van der Waals surface area contributed by atoms with Crippen LogP contribution in [0.25, 0.3) is 0 Å². The molecule has 11 nitrogen and oxygen atoms in total.